The Morgan fingerprint density at radius 2 is 0.787 bits per heavy atom. The summed E-state index contributed by atoms with van der Waals surface area (Å²) in [7, 11) is 0. The highest BCUT2D eigenvalue weighted by atomic mass is 16.7. The van der Waals surface area contributed by atoms with Crippen LogP contribution in [0.4, 0.5) is 0 Å². The van der Waals surface area contributed by atoms with Crippen molar-refractivity contribution in [2.45, 2.75) is 294 Å². The Labute approximate surface area is 490 Å². The Hall–Kier alpha value is -3.67. The lowest BCUT2D eigenvalue weighted by Gasteiger charge is -2.40. The Balaban J connectivity index is 2.18. The van der Waals surface area contributed by atoms with Crippen LogP contribution < -0.4 is 5.32 Å². The number of amides is 1. The molecular formula is C71H119NO8. The van der Waals surface area contributed by atoms with Crippen LogP contribution >= 0.6 is 0 Å². The number of nitrogens with one attached hydrogen (secondary N) is 1. The second-order valence-corrected chi connectivity index (χ2v) is 21.8. The van der Waals surface area contributed by atoms with Crippen molar-refractivity contribution in [3.8, 4) is 0 Å². The number of carbonyl (C=O) groups excluding carboxylic acids is 1. The average molecular weight is 1110 g/mol. The standard InChI is InChI=1S/C71H119NO8/c1-3-5-7-9-11-13-15-17-19-21-23-25-26-27-28-29-30-31-32-33-34-35-36-37-38-39-40-41-43-45-47-49-51-53-55-57-59-61-67(75)72-64(63-79-71-70(78)69(77)68(76)66(62-73)80-71)65(74)60-58-56-54-52-50-48-46-44-42-24-22-20-18-16-14-12-10-8-6-4-2/h5,7,11,13,17,19,23,25,27-28,30-31,33-34,36-37,42,44,50,52,58,60,64-66,68-71,73-74,76-78H,3-4,6,8-10,12,14-16,18,20-22,24,26,29,32,35,38-41,43,45-49,51,53-57,59,61-63H2,1-2H3,(H,72,75)/b7-5-,13-11-,19-17-,25-23-,28-27-,31-30-,34-33-,37-36-,44-42+,52-50+,60-58+. The molecule has 0 radical (unpaired) electrons. The van der Waals surface area contributed by atoms with Gasteiger partial charge in [0.2, 0.25) is 5.91 Å². The van der Waals surface area contributed by atoms with Crippen molar-refractivity contribution in [3.63, 3.8) is 0 Å². The van der Waals surface area contributed by atoms with Gasteiger partial charge in [0.1, 0.15) is 24.4 Å². The lowest BCUT2D eigenvalue weighted by atomic mass is 9.99. The van der Waals surface area contributed by atoms with E-state index >= 15 is 0 Å². The van der Waals surface area contributed by atoms with E-state index in [0.29, 0.717) is 6.42 Å². The minimum atomic E-state index is -1.58. The van der Waals surface area contributed by atoms with Gasteiger partial charge in [0.05, 0.1) is 25.4 Å². The molecule has 0 aromatic heterocycles. The fourth-order valence-electron chi connectivity index (χ4n) is 9.38. The second kappa shape index (κ2) is 58.5. The number of carbonyl (C=O) groups is 1. The number of ether oxygens (including phenoxy) is 2. The van der Waals surface area contributed by atoms with E-state index in [4.69, 9.17) is 9.47 Å². The number of aliphatic hydroxyl groups is 5. The fraction of sp³-hybridized carbons (Fsp3) is 0.676. The van der Waals surface area contributed by atoms with Crippen molar-refractivity contribution >= 4 is 5.91 Å². The largest absolute Gasteiger partial charge is 0.394 e. The van der Waals surface area contributed by atoms with Gasteiger partial charge in [-0.1, -0.05) is 270 Å². The zero-order valence-electron chi connectivity index (χ0n) is 50.8. The Morgan fingerprint density at radius 1 is 0.438 bits per heavy atom. The van der Waals surface area contributed by atoms with E-state index in [9.17, 15) is 30.3 Å². The molecule has 0 aromatic carbocycles. The predicted octanol–water partition coefficient (Wildman–Crippen LogP) is 17.2. The molecule has 0 bridgehead atoms. The van der Waals surface area contributed by atoms with Crippen molar-refractivity contribution in [1.82, 2.24) is 5.32 Å². The first-order valence-electron chi connectivity index (χ1n) is 32.4. The predicted molar refractivity (Wildman–Crippen MR) is 340 cm³/mol. The van der Waals surface area contributed by atoms with Crippen LogP contribution in [0.1, 0.15) is 251 Å². The summed E-state index contributed by atoms with van der Waals surface area (Å²) in [6.07, 6.45) is 82.4. The summed E-state index contributed by atoms with van der Waals surface area (Å²) in [4.78, 5) is 13.1. The third-order valence-corrected chi connectivity index (χ3v) is 14.4. The first-order chi connectivity index (χ1) is 39.3. The summed E-state index contributed by atoms with van der Waals surface area (Å²) in [5.41, 5.74) is 0. The lowest BCUT2D eigenvalue weighted by Crippen LogP contribution is -2.60. The molecule has 0 aromatic rings. The van der Waals surface area contributed by atoms with E-state index in [1.165, 1.54) is 122 Å². The minimum Gasteiger partial charge on any atom is -0.394 e. The molecule has 1 aliphatic rings. The Morgan fingerprint density at radius 3 is 1.20 bits per heavy atom. The van der Waals surface area contributed by atoms with Crippen molar-refractivity contribution in [2.75, 3.05) is 13.2 Å². The van der Waals surface area contributed by atoms with E-state index in [1.54, 1.807) is 6.08 Å². The third kappa shape index (κ3) is 46.9. The molecule has 1 rings (SSSR count). The molecule has 0 saturated carbocycles. The molecule has 456 valence electrons. The van der Waals surface area contributed by atoms with Crippen LogP contribution in [0.2, 0.25) is 0 Å². The molecule has 6 N–H and O–H groups in total. The first kappa shape index (κ1) is 74.3. The molecule has 0 spiro atoms. The van der Waals surface area contributed by atoms with Crippen molar-refractivity contribution in [3.05, 3.63) is 134 Å². The van der Waals surface area contributed by atoms with Crippen LogP contribution in [-0.4, -0.2) is 87.5 Å². The van der Waals surface area contributed by atoms with Gasteiger partial charge in [-0.25, -0.2) is 0 Å². The molecule has 1 amide bonds. The highest BCUT2D eigenvalue weighted by Crippen LogP contribution is 2.23. The smallest absolute Gasteiger partial charge is 0.220 e. The van der Waals surface area contributed by atoms with Gasteiger partial charge in [0.15, 0.2) is 6.29 Å². The molecule has 7 unspecified atom stereocenters. The summed E-state index contributed by atoms with van der Waals surface area (Å²) < 4.78 is 11.3. The van der Waals surface area contributed by atoms with Crippen LogP contribution in [0.3, 0.4) is 0 Å². The van der Waals surface area contributed by atoms with Crippen molar-refractivity contribution < 1.29 is 39.8 Å². The van der Waals surface area contributed by atoms with E-state index in [2.05, 4.69) is 141 Å². The number of hydrogen-bond acceptors (Lipinski definition) is 8. The number of aliphatic hydroxyl groups excluding tert-OH is 5. The van der Waals surface area contributed by atoms with Crippen LogP contribution in [0.25, 0.3) is 0 Å². The second-order valence-electron chi connectivity index (χ2n) is 21.8. The van der Waals surface area contributed by atoms with E-state index in [1.807, 2.05) is 6.08 Å². The molecule has 1 saturated heterocycles. The maximum Gasteiger partial charge on any atom is 0.220 e. The van der Waals surface area contributed by atoms with Gasteiger partial charge in [-0.2, -0.15) is 0 Å². The van der Waals surface area contributed by atoms with Gasteiger partial charge in [-0.3, -0.25) is 4.79 Å². The fourth-order valence-corrected chi connectivity index (χ4v) is 9.38. The Bertz CT molecular complexity index is 1720. The van der Waals surface area contributed by atoms with Gasteiger partial charge in [-0.05, 0) is 109 Å². The first-order valence-corrected chi connectivity index (χ1v) is 32.4. The monoisotopic (exact) mass is 1110 g/mol. The van der Waals surface area contributed by atoms with Gasteiger partial charge in [0.25, 0.3) is 0 Å². The minimum absolute atomic E-state index is 0.197. The lowest BCUT2D eigenvalue weighted by molar-refractivity contribution is -0.302. The zero-order valence-corrected chi connectivity index (χ0v) is 50.8. The average Bonchev–Trinajstić information content (AvgIpc) is 3.46. The summed E-state index contributed by atoms with van der Waals surface area (Å²) in [5.74, 6) is -0.197. The molecular weight excluding hydrogens is 995 g/mol. The quantitative estimate of drug-likeness (QED) is 0.0261. The molecule has 9 heteroatoms. The highest BCUT2D eigenvalue weighted by Gasteiger charge is 2.44. The van der Waals surface area contributed by atoms with Gasteiger partial charge in [-0.15, -0.1) is 0 Å². The van der Waals surface area contributed by atoms with Crippen LogP contribution in [0.5, 0.6) is 0 Å². The SMILES string of the molecule is CC/C=C\C/C=C\C/C=C\C/C=C\C/C=C\C/C=C\C/C=C\C/C=C\CCCCCCCCCCCCCCC(=O)NC(COC1OC(CO)C(O)C(O)C1O)C(O)/C=C/CC/C=C/CC/C=C/CCCCCCCCCCCC. The number of allylic oxidation sites excluding steroid dienone is 21. The molecule has 0 aliphatic carbocycles. The van der Waals surface area contributed by atoms with Gasteiger partial charge >= 0.3 is 0 Å². The third-order valence-electron chi connectivity index (χ3n) is 14.4. The zero-order chi connectivity index (χ0) is 57.9. The van der Waals surface area contributed by atoms with Crippen molar-refractivity contribution in [2.24, 2.45) is 0 Å². The normalized spacial score (nSPS) is 19.4. The van der Waals surface area contributed by atoms with E-state index in [-0.39, 0.29) is 12.5 Å². The van der Waals surface area contributed by atoms with Crippen LogP contribution in [-0.2, 0) is 14.3 Å². The Kier molecular flexibility index (Phi) is 54.4. The number of rotatable bonds is 54. The molecule has 9 nitrogen and oxygen atoms in total. The molecule has 1 heterocycles. The number of unbranched alkanes of at least 4 members (excludes halogenated alkanes) is 24. The van der Waals surface area contributed by atoms with E-state index in [0.717, 1.165) is 109 Å². The molecule has 7 atom stereocenters. The highest BCUT2D eigenvalue weighted by molar-refractivity contribution is 5.76. The van der Waals surface area contributed by atoms with Crippen LogP contribution in [0, 0.1) is 0 Å². The summed E-state index contributed by atoms with van der Waals surface area (Å²) >= 11 is 0. The maximum absolute atomic E-state index is 13.1. The summed E-state index contributed by atoms with van der Waals surface area (Å²) in [5, 5.41) is 54.6. The topological polar surface area (TPSA) is 149 Å². The summed E-state index contributed by atoms with van der Waals surface area (Å²) in [6, 6.07) is -0.839. The molecule has 1 fully saturated rings. The van der Waals surface area contributed by atoms with Gasteiger partial charge < -0.3 is 40.3 Å². The molecule has 1 aliphatic heterocycles. The maximum atomic E-state index is 13.1. The van der Waals surface area contributed by atoms with Gasteiger partial charge in [0, 0.05) is 6.42 Å². The summed E-state index contributed by atoms with van der Waals surface area (Å²) in [6.45, 7) is 3.64. The number of hydrogen-bond donors (Lipinski definition) is 6. The van der Waals surface area contributed by atoms with Crippen LogP contribution in [0.15, 0.2) is 134 Å². The molecule has 80 heavy (non-hydrogen) atoms. The van der Waals surface area contributed by atoms with Crippen molar-refractivity contribution in [1.29, 1.82) is 0 Å². The van der Waals surface area contributed by atoms with E-state index < -0.39 is 49.5 Å².